The molecule has 2 aliphatic heterocycles. The highest BCUT2D eigenvalue weighted by Gasteiger charge is 2.69. The first-order valence-corrected chi connectivity index (χ1v) is 9.17. The minimum atomic E-state index is -0.720. The Balaban J connectivity index is 1.73. The molecule has 2 atom stereocenters. The van der Waals surface area contributed by atoms with Crippen molar-refractivity contribution in [2.45, 2.75) is 18.7 Å². The van der Waals surface area contributed by atoms with Crippen molar-refractivity contribution in [3.63, 3.8) is 0 Å². The fourth-order valence-corrected chi connectivity index (χ4v) is 4.06. The van der Waals surface area contributed by atoms with Crippen LogP contribution in [0.25, 0.3) is 11.3 Å². The lowest BCUT2D eigenvalue weighted by molar-refractivity contribution is -0.125. The predicted octanol–water partition coefficient (Wildman–Crippen LogP) is 4.67. The zero-order chi connectivity index (χ0) is 18.4. The van der Waals surface area contributed by atoms with Gasteiger partial charge in [0.25, 0.3) is 5.91 Å². The van der Waals surface area contributed by atoms with Crippen molar-refractivity contribution in [2.75, 3.05) is 0 Å². The second-order valence-electron chi connectivity index (χ2n) is 6.95. The van der Waals surface area contributed by atoms with Crippen LogP contribution in [0.3, 0.4) is 0 Å². The molecule has 0 unspecified atom stereocenters. The second kappa shape index (κ2) is 5.85. The van der Waals surface area contributed by atoms with Crippen molar-refractivity contribution in [3.8, 4) is 0 Å². The maximum Gasteiger partial charge on any atom is 0.262 e. The highest BCUT2D eigenvalue weighted by Crippen LogP contribution is 2.58. The number of fused-ring (bicyclic) bond motifs is 1. The van der Waals surface area contributed by atoms with E-state index in [0.29, 0.717) is 11.3 Å². The second-order valence-corrected chi connectivity index (χ2v) is 6.95. The molecule has 5 rings (SSSR count). The zero-order valence-electron chi connectivity index (χ0n) is 15.0. The Bertz CT molecular complexity index is 1030. The van der Waals surface area contributed by atoms with Crippen LogP contribution in [-0.2, 0) is 15.3 Å². The van der Waals surface area contributed by atoms with E-state index in [0.717, 1.165) is 16.7 Å². The molecule has 0 radical (unpaired) electrons. The van der Waals surface area contributed by atoms with Crippen LogP contribution < -0.4 is 0 Å². The van der Waals surface area contributed by atoms with E-state index in [4.69, 9.17) is 4.74 Å². The van der Waals surface area contributed by atoms with E-state index in [2.05, 4.69) is 0 Å². The Morgan fingerprint density at radius 3 is 1.89 bits per heavy atom. The quantitative estimate of drug-likeness (QED) is 0.641. The van der Waals surface area contributed by atoms with E-state index in [-0.39, 0.29) is 11.9 Å². The lowest BCUT2D eigenvalue weighted by atomic mass is 9.97. The lowest BCUT2D eigenvalue weighted by Gasteiger charge is -2.29. The number of benzene rings is 3. The van der Waals surface area contributed by atoms with Gasteiger partial charge in [0.15, 0.2) is 0 Å². The van der Waals surface area contributed by atoms with Crippen molar-refractivity contribution in [1.82, 2.24) is 4.90 Å². The van der Waals surface area contributed by atoms with Gasteiger partial charge in [0.1, 0.15) is 5.76 Å². The summed E-state index contributed by atoms with van der Waals surface area (Å²) in [6, 6.07) is 29.6. The van der Waals surface area contributed by atoms with Crippen LogP contribution in [0.2, 0.25) is 0 Å². The van der Waals surface area contributed by atoms with Crippen LogP contribution in [0, 0.1) is 0 Å². The molecule has 27 heavy (non-hydrogen) atoms. The van der Waals surface area contributed by atoms with E-state index in [1.54, 1.807) is 0 Å². The van der Waals surface area contributed by atoms with Gasteiger partial charge in [-0.15, -0.1) is 0 Å². The Labute approximate surface area is 158 Å². The average Bonchev–Trinajstić information content (AvgIpc) is 3.35. The maximum atomic E-state index is 13.5. The summed E-state index contributed by atoms with van der Waals surface area (Å²) in [5.41, 5.74) is 2.70. The van der Waals surface area contributed by atoms with E-state index < -0.39 is 5.72 Å². The Hall–Kier alpha value is -3.33. The highest BCUT2D eigenvalue weighted by molar-refractivity contribution is 6.28. The molecule has 0 aromatic heterocycles. The average molecular weight is 353 g/mol. The number of rotatable bonds is 3. The third kappa shape index (κ3) is 2.25. The first kappa shape index (κ1) is 15.9. The number of nitrogens with zero attached hydrogens (tertiary/aromatic N) is 1. The van der Waals surface area contributed by atoms with Crippen LogP contribution in [0.5, 0.6) is 0 Å². The number of hydrogen-bond donors (Lipinski definition) is 0. The molecule has 1 fully saturated rings. The van der Waals surface area contributed by atoms with Crippen LogP contribution in [-0.4, -0.2) is 16.8 Å². The summed E-state index contributed by atoms with van der Waals surface area (Å²) in [4.78, 5) is 15.4. The summed E-state index contributed by atoms with van der Waals surface area (Å²) in [7, 11) is 0. The molecule has 0 saturated carbocycles. The van der Waals surface area contributed by atoms with Gasteiger partial charge in [-0.25, -0.2) is 0 Å². The number of carbonyl (C=O) groups excluding carboxylic acids is 1. The highest BCUT2D eigenvalue weighted by atomic mass is 16.5. The zero-order valence-corrected chi connectivity index (χ0v) is 15.0. The fourth-order valence-electron chi connectivity index (χ4n) is 4.06. The summed E-state index contributed by atoms with van der Waals surface area (Å²) in [5.74, 6) is 0.666. The van der Waals surface area contributed by atoms with E-state index >= 15 is 0 Å². The summed E-state index contributed by atoms with van der Waals surface area (Å²) >= 11 is 0. The molecule has 3 heteroatoms. The van der Waals surface area contributed by atoms with Crippen molar-refractivity contribution < 1.29 is 9.53 Å². The van der Waals surface area contributed by atoms with Crippen LogP contribution in [0.15, 0.2) is 91.0 Å². The van der Waals surface area contributed by atoms with Crippen LogP contribution in [0.1, 0.15) is 23.6 Å². The van der Waals surface area contributed by atoms with Gasteiger partial charge in [-0.1, -0.05) is 91.0 Å². The third-order valence-corrected chi connectivity index (χ3v) is 5.45. The first-order valence-electron chi connectivity index (χ1n) is 9.17. The SMILES string of the molecule is C[C@@H]1N2C(=O)C(c3ccccc3)=C(c3ccccc3)O[C@@]12c1ccccc1. The largest absolute Gasteiger partial charge is 0.460 e. The van der Waals surface area contributed by atoms with Crippen molar-refractivity contribution in [1.29, 1.82) is 0 Å². The van der Waals surface area contributed by atoms with E-state index in [1.165, 1.54) is 0 Å². The van der Waals surface area contributed by atoms with Gasteiger partial charge < -0.3 is 4.74 Å². The van der Waals surface area contributed by atoms with Gasteiger partial charge in [-0.3, -0.25) is 9.69 Å². The Morgan fingerprint density at radius 1 is 0.778 bits per heavy atom. The number of ether oxygens (including phenoxy) is 1. The summed E-state index contributed by atoms with van der Waals surface area (Å²) in [5, 5.41) is 0. The molecule has 0 bridgehead atoms. The Morgan fingerprint density at radius 2 is 1.30 bits per heavy atom. The van der Waals surface area contributed by atoms with Gasteiger partial charge in [0.05, 0.1) is 11.6 Å². The molecule has 2 aliphatic rings. The topological polar surface area (TPSA) is 29.3 Å². The van der Waals surface area contributed by atoms with Crippen molar-refractivity contribution in [3.05, 3.63) is 108 Å². The number of hydrogen-bond acceptors (Lipinski definition) is 2. The van der Waals surface area contributed by atoms with Crippen LogP contribution in [0.4, 0.5) is 0 Å². The summed E-state index contributed by atoms with van der Waals surface area (Å²) < 4.78 is 6.65. The van der Waals surface area contributed by atoms with Crippen molar-refractivity contribution >= 4 is 17.2 Å². The molecule has 0 spiro atoms. The molecule has 0 N–H and O–H groups in total. The maximum absolute atomic E-state index is 13.5. The van der Waals surface area contributed by atoms with Crippen LogP contribution >= 0.6 is 0 Å². The van der Waals surface area contributed by atoms with E-state index in [9.17, 15) is 4.79 Å². The first-order chi connectivity index (χ1) is 13.2. The van der Waals surface area contributed by atoms with Gasteiger partial charge >= 0.3 is 0 Å². The van der Waals surface area contributed by atoms with Gasteiger partial charge in [0, 0.05) is 11.1 Å². The molecule has 1 amide bonds. The lowest BCUT2D eigenvalue weighted by Crippen LogP contribution is -2.30. The fraction of sp³-hybridized carbons (Fsp3) is 0.125. The molecule has 2 heterocycles. The molecule has 1 saturated heterocycles. The number of amides is 1. The third-order valence-electron chi connectivity index (χ3n) is 5.45. The smallest absolute Gasteiger partial charge is 0.262 e. The minimum absolute atomic E-state index is 0.0163. The molecule has 132 valence electrons. The summed E-state index contributed by atoms with van der Waals surface area (Å²) in [6.07, 6.45) is 0. The standard InChI is InChI=1S/C24H19NO2/c1-17-24(20-15-9-4-10-16-20)25(17)23(26)21(18-11-5-2-6-12-18)22(27-24)19-13-7-3-8-14-19/h2-17H,1H3/t17-,24+,25?/m0/s1. The van der Waals surface area contributed by atoms with Gasteiger partial charge in [0.2, 0.25) is 5.72 Å². The molecule has 3 aromatic carbocycles. The summed E-state index contributed by atoms with van der Waals surface area (Å²) in [6.45, 7) is 2.04. The molecule has 0 aliphatic carbocycles. The van der Waals surface area contributed by atoms with Gasteiger partial charge in [-0.05, 0) is 12.5 Å². The minimum Gasteiger partial charge on any atom is -0.460 e. The Kier molecular flexibility index (Phi) is 3.44. The molecular weight excluding hydrogens is 334 g/mol. The molecular formula is C24H19NO2. The molecule has 3 nitrogen and oxygen atoms in total. The normalized spacial score (nSPS) is 23.7. The number of carbonyl (C=O) groups is 1. The van der Waals surface area contributed by atoms with Gasteiger partial charge in [-0.2, -0.15) is 0 Å². The monoisotopic (exact) mass is 353 g/mol. The van der Waals surface area contributed by atoms with E-state index in [1.807, 2.05) is 103 Å². The predicted molar refractivity (Wildman–Crippen MR) is 105 cm³/mol. The molecule has 3 aromatic rings. The van der Waals surface area contributed by atoms with Crippen molar-refractivity contribution in [2.24, 2.45) is 0 Å².